The van der Waals surface area contributed by atoms with Gasteiger partial charge < -0.3 is 0 Å². The quantitative estimate of drug-likeness (QED) is 0.754. The molecule has 15 heavy (non-hydrogen) atoms. The number of hydrogen-bond acceptors (Lipinski definition) is 3. The van der Waals surface area contributed by atoms with Crippen molar-refractivity contribution < 1.29 is 0 Å². The summed E-state index contributed by atoms with van der Waals surface area (Å²) in [6.45, 7) is 0.311. The van der Waals surface area contributed by atoms with Crippen LogP contribution in [0.4, 0.5) is 0 Å². The van der Waals surface area contributed by atoms with E-state index in [9.17, 15) is 9.59 Å². The molecule has 2 aromatic heterocycles. The standard InChI is InChI=1S/C8H7ClN4O2/c9-6-4-13(8(15)12-7(6)14)3-5-1-10-11-2-5/h1-2,4H,3H2,(H,10,11)(H,12,14,15). The Kier molecular flexibility index (Phi) is 2.42. The van der Waals surface area contributed by atoms with E-state index in [0.717, 1.165) is 5.56 Å². The normalized spacial score (nSPS) is 10.5. The lowest BCUT2D eigenvalue weighted by Crippen LogP contribution is -2.29. The third-order valence-corrected chi connectivity index (χ3v) is 2.14. The monoisotopic (exact) mass is 226 g/mol. The molecule has 2 aromatic rings. The zero-order chi connectivity index (χ0) is 10.8. The Balaban J connectivity index is 2.42. The first-order valence-electron chi connectivity index (χ1n) is 4.14. The van der Waals surface area contributed by atoms with Gasteiger partial charge in [-0.15, -0.1) is 0 Å². The molecule has 0 aliphatic heterocycles. The first-order chi connectivity index (χ1) is 7.16. The van der Waals surface area contributed by atoms with E-state index in [1.807, 2.05) is 0 Å². The molecular formula is C8H7ClN4O2. The third kappa shape index (κ3) is 1.99. The number of nitrogens with zero attached hydrogens (tertiary/aromatic N) is 2. The molecule has 0 saturated heterocycles. The van der Waals surface area contributed by atoms with E-state index in [1.54, 1.807) is 12.4 Å². The highest BCUT2D eigenvalue weighted by Gasteiger charge is 2.03. The molecule has 6 nitrogen and oxygen atoms in total. The smallest absolute Gasteiger partial charge is 0.295 e. The van der Waals surface area contributed by atoms with Crippen molar-refractivity contribution in [2.24, 2.45) is 0 Å². The Bertz CT molecular complexity index is 569. The van der Waals surface area contributed by atoms with Crippen LogP contribution in [0.1, 0.15) is 5.56 Å². The zero-order valence-electron chi connectivity index (χ0n) is 7.53. The van der Waals surface area contributed by atoms with Gasteiger partial charge >= 0.3 is 5.69 Å². The molecule has 7 heteroatoms. The summed E-state index contributed by atoms with van der Waals surface area (Å²) in [4.78, 5) is 24.4. The van der Waals surface area contributed by atoms with Crippen molar-refractivity contribution in [2.75, 3.05) is 0 Å². The summed E-state index contributed by atoms with van der Waals surface area (Å²) in [7, 11) is 0. The lowest BCUT2D eigenvalue weighted by Gasteiger charge is -2.02. The van der Waals surface area contributed by atoms with Gasteiger partial charge in [0.15, 0.2) is 0 Å². The first-order valence-corrected chi connectivity index (χ1v) is 4.51. The lowest BCUT2D eigenvalue weighted by atomic mass is 10.3. The summed E-state index contributed by atoms with van der Waals surface area (Å²) >= 11 is 5.60. The summed E-state index contributed by atoms with van der Waals surface area (Å²) in [6, 6.07) is 0. The number of aromatic nitrogens is 4. The van der Waals surface area contributed by atoms with Gasteiger partial charge in [0.25, 0.3) is 5.56 Å². The van der Waals surface area contributed by atoms with Gasteiger partial charge in [-0.2, -0.15) is 5.10 Å². The van der Waals surface area contributed by atoms with Crippen LogP contribution < -0.4 is 11.2 Å². The molecule has 0 bridgehead atoms. The molecule has 2 rings (SSSR count). The maximum atomic E-state index is 11.3. The van der Waals surface area contributed by atoms with Crippen molar-refractivity contribution in [3.63, 3.8) is 0 Å². The SMILES string of the molecule is O=c1[nH]c(=O)n(Cc2cn[nH]c2)cc1Cl. The maximum Gasteiger partial charge on any atom is 0.328 e. The largest absolute Gasteiger partial charge is 0.328 e. The fourth-order valence-electron chi connectivity index (χ4n) is 1.16. The highest BCUT2D eigenvalue weighted by molar-refractivity contribution is 6.30. The van der Waals surface area contributed by atoms with Crippen molar-refractivity contribution in [1.82, 2.24) is 19.7 Å². The minimum absolute atomic E-state index is 0.0157. The topological polar surface area (TPSA) is 83.5 Å². The molecule has 78 valence electrons. The van der Waals surface area contributed by atoms with E-state index >= 15 is 0 Å². The van der Waals surface area contributed by atoms with Gasteiger partial charge in [-0.3, -0.25) is 19.4 Å². The van der Waals surface area contributed by atoms with E-state index < -0.39 is 11.2 Å². The molecule has 0 saturated carbocycles. The van der Waals surface area contributed by atoms with Crippen LogP contribution in [0.2, 0.25) is 5.02 Å². The van der Waals surface area contributed by atoms with Crippen molar-refractivity contribution in [1.29, 1.82) is 0 Å². The molecule has 0 atom stereocenters. The Morgan fingerprint density at radius 3 is 2.93 bits per heavy atom. The average molecular weight is 227 g/mol. The molecule has 0 aromatic carbocycles. The molecule has 0 amide bonds. The second-order valence-electron chi connectivity index (χ2n) is 2.97. The number of nitrogens with one attached hydrogen (secondary N) is 2. The third-order valence-electron chi connectivity index (χ3n) is 1.88. The minimum atomic E-state index is -0.579. The molecule has 0 aliphatic carbocycles. The van der Waals surface area contributed by atoms with Crippen LogP contribution in [0.5, 0.6) is 0 Å². The van der Waals surface area contributed by atoms with Crippen LogP contribution >= 0.6 is 11.6 Å². The van der Waals surface area contributed by atoms with E-state index in [-0.39, 0.29) is 5.02 Å². The van der Waals surface area contributed by atoms with E-state index in [1.165, 1.54) is 10.8 Å². The molecule has 2 N–H and O–H groups in total. The van der Waals surface area contributed by atoms with Crippen LogP contribution in [0, 0.1) is 0 Å². The minimum Gasteiger partial charge on any atom is -0.295 e. The van der Waals surface area contributed by atoms with Crippen molar-refractivity contribution >= 4 is 11.6 Å². The molecule has 0 spiro atoms. The second kappa shape index (κ2) is 3.74. The van der Waals surface area contributed by atoms with Gasteiger partial charge in [0.1, 0.15) is 5.02 Å². The fourth-order valence-corrected chi connectivity index (χ4v) is 1.33. The van der Waals surface area contributed by atoms with Gasteiger partial charge in [-0.25, -0.2) is 4.79 Å². The number of aromatic amines is 2. The predicted octanol–water partition coefficient (Wildman–Crippen LogP) is -0.0386. The molecule has 0 fully saturated rings. The number of halogens is 1. The van der Waals surface area contributed by atoms with Gasteiger partial charge in [-0.1, -0.05) is 11.6 Å². The Morgan fingerprint density at radius 1 is 1.47 bits per heavy atom. The predicted molar refractivity (Wildman–Crippen MR) is 54.0 cm³/mol. The molecule has 0 radical (unpaired) electrons. The van der Waals surface area contributed by atoms with E-state index in [4.69, 9.17) is 11.6 Å². The van der Waals surface area contributed by atoms with Crippen LogP contribution in [0.25, 0.3) is 0 Å². The van der Waals surface area contributed by atoms with Crippen LogP contribution in [-0.2, 0) is 6.54 Å². The maximum absolute atomic E-state index is 11.3. The molecular weight excluding hydrogens is 220 g/mol. The van der Waals surface area contributed by atoms with Crippen LogP contribution in [-0.4, -0.2) is 19.7 Å². The number of H-pyrrole nitrogens is 2. The summed E-state index contributed by atoms with van der Waals surface area (Å²) in [5.74, 6) is 0. The molecule has 0 aliphatic rings. The summed E-state index contributed by atoms with van der Waals surface area (Å²) in [5.41, 5.74) is -0.254. The van der Waals surface area contributed by atoms with Gasteiger partial charge in [0.2, 0.25) is 0 Å². The molecule has 0 unspecified atom stereocenters. The highest BCUT2D eigenvalue weighted by Crippen LogP contribution is 1.99. The Labute approximate surface area is 88.5 Å². The van der Waals surface area contributed by atoms with Crippen molar-refractivity contribution in [2.45, 2.75) is 6.54 Å². The van der Waals surface area contributed by atoms with Gasteiger partial charge in [0, 0.05) is 18.0 Å². The Morgan fingerprint density at radius 2 is 2.27 bits per heavy atom. The first kappa shape index (κ1) is 9.72. The summed E-state index contributed by atoms with van der Waals surface area (Å²) in [5, 5.41) is 6.35. The second-order valence-corrected chi connectivity index (χ2v) is 3.38. The Hall–Kier alpha value is -1.82. The van der Waals surface area contributed by atoms with Crippen molar-refractivity contribution in [3.8, 4) is 0 Å². The molecule has 2 heterocycles. The number of rotatable bonds is 2. The van der Waals surface area contributed by atoms with Crippen molar-refractivity contribution in [3.05, 3.63) is 50.0 Å². The van der Waals surface area contributed by atoms with Gasteiger partial charge in [0.05, 0.1) is 12.7 Å². The van der Waals surface area contributed by atoms with Crippen LogP contribution in [0.3, 0.4) is 0 Å². The number of hydrogen-bond donors (Lipinski definition) is 2. The fraction of sp³-hybridized carbons (Fsp3) is 0.125. The van der Waals surface area contributed by atoms with E-state index in [0.29, 0.717) is 6.54 Å². The lowest BCUT2D eigenvalue weighted by molar-refractivity contribution is 0.721. The highest BCUT2D eigenvalue weighted by atomic mass is 35.5. The van der Waals surface area contributed by atoms with Gasteiger partial charge in [-0.05, 0) is 0 Å². The summed E-state index contributed by atoms with van der Waals surface area (Å²) in [6.07, 6.45) is 4.55. The zero-order valence-corrected chi connectivity index (χ0v) is 8.28. The average Bonchev–Trinajstić information content (AvgIpc) is 2.67. The van der Waals surface area contributed by atoms with E-state index in [2.05, 4.69) is 15.2 Å². The summed E-state index contributed by atoms with van der Waals surface area (Å²) < 4.78 is 1.30. The van der Waals surface area contributed by atoms with Crippen LogP contribution in [0.15, 0.2) is 28.2 Å².